The van der Waals surface area contributed by atoms with Crippen molar-refractivity contribution in [3.63, 3.8) is 0 Å². The molecule has 5 aromatic rings. The highest BCUT2D eigenvalue weighted by Crippen LogP contribution is 2.36. The van der Waals surface area contributed by atoms with Crippen LogP contribution in [0, 0.1) is 0 Å². The molecule has 1 nitrogen and oxygen atoms in total. The summed E-state index contributed by atoms with van der Waals surface area (Å²) in [6.45, 7) is 4.48. The first-order valence-corrected chi connectivity index (χ1v) is 14.6. The van der Waals surface area contributed by atoms with E-state index in [2.05, 4.69) is 189 Å². The number of nitrogens with zero attached hydrogens (tertiary/aromatic N) is 1. The van der Waals surface area contributed by atoms with Crippen molar-refractivity contribution >= 4 is 41.4 Å². The van der Waals surface area contributed by atoms with Crippen LogP contribution in [0.3, 0.4) is 0 Å². The second-order valence-corrected chi connectivity index (χ2v) is 10.5. The van der Waals surface area contributed by atoms with E-state index in [1.807, 2.05) is 12.1 Å². The summed E-state index contributed by atoms with van der Waals surface area (Å²) in [5.41, 5.74) is 9.46. The van der Waals surface area contributed by atoms with Crippen LogP contribution in [0.15, 0.2) is 158 Å². The van der Waals surface area contributed by atoms with Gasteiger partial charge in [-0.2, -0.15) is 0 Å². The Morgan fingerprint density at radius 1 is 0.405 bits per heavy atom. The molecule has 0 aliphatic rings. The lowest BCUT2D eigenvalue weighted by atomic mass is 10.0. The van der Waals surface area contributed by atoms with Gasteiger partial charge < -0.3 is 4.90 Å². The van der Waals surface area contributed by atoms with Gasteiger partial charge in [0, 0.05) is 17.1 Å². The van der Waals surface area contributed by atoms with Crippen molar-refractivity contribution in [1.29, 1.82) is 0 Å². The topological polar surface area (TPSA) is 3.24 Å². The molecule has 0 atom stereocenters. The average Bonchev–Trinajstić information content (AvgIpc) is 3.04. The lowest BCUT2D eigenvalue weighted by Gasteiger charge is -2.26. The van der Waals surface area contributed by atoms with Crippen LogP contribution in [0.5, 0.6) is 0 Å². The van der Waals surface area contributed by atoms with Crippen molar-refractivity contribution in [3.05, 3.63) is 186 Å². The average molecular weight is 544 g/mol. The Morgan fingerprint density at radius 2 is 0.810 bits per heavy atom. The zero-order chi connectivity index (χ0) is 29.0. The Balaban J connectivity index is 1.37. The fourth-order valence-electron chi connectivity index (χ4n) is 4.73. The van der Waals surface area contributed by atoms with Crippen LogP contribution in [0.4, 0.5) is 17.1 Å². The quantitative estimate of drug-likeness (QED) is 0.158. The van der Waals surface area contributed by atoms with Gasteiger partial charge in [-0.1, -0.05) is 160 Å². The maximum Gasteiger partial charge on any atom is 0.0464 e. The molecule has 0 N–H and O–H groups in total. The van der Waals surface area contributed by atoms with Gasteiger partial charge in [-0.15, -0.1) is 0 Å². The smallest absolute Gasteiger partial charge is 0.0464 e. The molecule has 0 spiro atoms. The van der Waals surface area contributed by atoms with Gasteiger partial charge in [-0.05, 0) is 70.1 Å². The van der Waals surface area contributed by atoms with E-state index in [0.29, 0.717) is 5.92 Å². The normalized spacial score (nSPS) is 11.9. The summed E-state index contributed by atoms with van der Waals surface area (Å²) in [7, 11) is 0. The molecule has 5 rings (SSSR count). The predicted octanol–water partition coefficient (Wildman–Crippen LogP) is 11.7. The summed E-state index contributed by atoms with van der Waals surface area (Å²) < 4.78 is 0. The van der Waals surface area contributed by atoms with Crippen molar-refractivity contribution in [3.8, 4) is 0 Å². The van der Waals surface area contributed by atoms with Crippen LogP contribution in [0.25, 0.3) is 24.3 Å². The minimum absolute atomic E-state index is 0.458. The van der Waals surface area contributed by atoms with E-state index in [0.717, 1.165) is 28.2 Å². The van der Waals surface area contributed by atoms with Gasteiger partial charge in [0.15, 0.2) is 0 Å². The Morgan fingerprint density at radius 3 is 1.21 bits per heavy atom. The van der Waals surface area contributed by atoms with Crippen LogP contribution in [0.1, 0.15) is 47.6 Å². The van der Waals surface area contributed by atoms with Crippen molar-refractivity contribution < 1.29 is 0 Å². The summed E-state index contributed by atoms with van der Waals surface area (Å²) in [6.07, 6.45) is 16.9. The maximum atomic E-state index is 2.33. The van der Waals surface area contributed by atoms with Crippen molar-refractivity contribution in [1.82, 2.24) is 0 Å². The largest absolute Gasteiger partial charge is 0.310 e. The van der Waals surface area contributed by atoms with Gasteiger partial charge in [-0.25, -0.2) is 0 Å². The van der Waals surface area contributed by atoms with Gasteiger partial charge in [0.25, 0.3) is 0 Å². The van der Waals surface area contributed by atoms with Crippen molar-refractivity contribution in [2.75, 3.05) is 4.90 Å². The second-order valence-electron chi connectivity index (χ2n) is 10.5. The molecule has 0 saturated carbocycles. The fraction of sp³-hybridized carbons (Fsp3) is 0.0732. The molecule has 0 amide bonds. The lowest BCUT2D eigenvalue weighted by Crippen LogP contribution is -2.10. The Hall–Kier alpha value is -5.14. The van der Waals surface area contributed by atoms with E-state index in [1.165, 1.54) is 16.7 Å². The molecule has 0 fully saturated rings. The molecule has 0 heterocycles. The van der Waals surface area contributed by atoms with Crippen molar-refractivity contribution in [2.45, 2.75) is 19.8 Å². The first-order chi connectivity index (χ1) is 20.7. The Labute approximate surface area is 251 Å². The molecule has 42 heavy (non-hydrogen) atoms. The van der Waals surface area contributed by atoms with Crippen LogP contribution < -0.4 is 4.90 Å². The minimum Gasteiger partial charge on any atom is -0.310 e. The monoisotopic (exact) mass is 543 g/mol. The van der Waals surface area contributed by atoms with Crippen LogP contribution in [0.2, 0.25) is 0 Å². The SMILES string of the molecule is CC(C)c1cccc(N(c2ccc(/C=C/C=C/c3ccccc3)cc2)c2ccc(/C=C/C=C/c3ccccc3)cc2)c1. The molecule has 0 radical (unpaired) electrons. The fourth-order valence-corrected chi connectivity index (χ4v) is 4.73. The zero-order valence-electron chi connectivity index (χ0n) is 24.3. The van der Waals surface area contributed by atoms with Gasteiger partial charge in [0.2, 0.25) is 0 Å². The number of rotatable bonds is 10. The molecular formula is C41H37N. The van der Waals surface area contributed by atoms with E-state index in [4.69, 9.17) is 0 Å². The predicted molar refractivity (Wildman–Crippen MR) is 184 cm³/mol. The molecule has 1 heteroatoms. The molecule has 0 aliphatic carbocycles. The number of hydrogen-bond donors (Lipinski definition) is 0. The van der Waals surface area contributed by atoms with Crippen LogP contribution in [-0.4, -0.2) is 0 Å². The van der Waals surface area contributed by atoms with Gasteiger partial charge in [0.05, 0.1) is 0 Å². The third-order valence-electron chi connectivity index (χ3n) is 7.07. The molecule has 5 aromatic carbocycles. The van der Waals surface area contributed by atoms with Crippen LogP contribution >= 0.6 is 0 Å². The maximum absolute atomic E-state index is 2.33. The molecule has 206 valence electrons. The Bertz CT molecular complexity index is 1550. The van der Waals surface area contributed by atoms with E-state index in [9.17, 15) is 0 Å². The third kappa shape index (κ3) is 7.96. The first kappa shape index (κ1) is 28.4. The summed E-state index contributed by atoms with van der Waals surface area (Å²) >= 11 is 0. The number of benzene rings is 5. The van der Waals surface area contributed by atoms with Gasteiger partial charge >= 0.3 is 0 Å². The van der Waals surface area contributed by atoms with Crippen LogP contribution in [-0.2, 0) is 0 Å². The number of anilines is 3. The zero-order valence-corrected chi connectivity index (χ0v) is 24.3. The summed E-state index contributed by atoms with van der Waals surface area (Å²) in [5.74, 6) is 0.458. The first-order valence-electron chi connectivity index (χ1n) is 14.6. The Kier molecular flexibility index (Phi) is 9.79. The third-order valence-corrected chi connectivity index (χ3v) is 7.07. The van der Waals surface area contributed by atoms with Crippen molar-refractivity contribution in [2.24, 2.45) is 0 Å². The lowest BCUT2D eigenvalue weighted by molar-refractivity contribution is 0.866. The molecule has 0 saturated heterocycles. The molecule has 0 aromatic heterocycles. The van der Waals surface area contributed by atoms with E-state index >= 15 is 0 Å². The molecule has 0 unspecified atom stereocenters. The van der Waals surface area contributed by atoms with Gasteiger partial charge in [-0.3, -0.25) is 0 Å². The molecular weight excluding hydrogens is 506 g/mol. The standard InChI is InChI=1S/C41H37N/c1-33(2)38-22-13-23-41(32-38)42(39-28-24-36(25-29-39)20-11-9-18-34-14-5-3-6-15-34)40-30-26-37(27-31-40)21-12-10-19-35-16-7-4-8-17-35/h3-33H,1-2H3/b18-9+,19-10+,20-11+,21-12+. The highest BCUT2D eigenvalue weighted by atomic mass is 15.1. The second kappa shape index (κ2) is 14.5. The molecule has 0 bridgehead atoms. The highest BCUT2D eigenvalue weighted by Gasteiger charge is 2.13. The van der Waals surface area contributed by atoms with E-state index in [1.54, 1.807) is 0 Å². The van der Waals surface area contributed by atoms with Gasteiger partial charge in [0.1, 0.15) is 0 Å². The summed E-state index contributed by atoms with van der Waals surface area (Å²) in [5, 5.41) is 0. The summed E-state index contributed by atoms with van der Waals surface area (Å²) in [6, 6.07) is 47.1. The summed E-state index contributed by atoms with van der Waals surface area (Å²) in [4.78, 5) is 2.33. The number of hydrogen-bond acceptors (Lipinski definition) is 1. The van der Waals surface area contributed by atoms with E-state index in [-0.39, 0.29) is 0 Å². The number of allylic oxidation sites excluding steroid dienone is 4. The minimum atomic E-state index is 0.458. The molecule has 0 aliphatic heterocycles. The highest BCUT2D eigenvalue weighted by molar-refractivity contribution is 5.78. The van der Waals surface area contributed by atoms with E-state index < -0.39 is 0 Å².